The summed E-state index contributed by atoms with van der Waals surface area (Å²) in [6, 6.07) is 16.6. The van der Waals surface area contributed by atoms with Gasteiger partial charge in [0.25, 0.3) is 11.8 Å². The van der Waals surface area contributed by atoms with E-state index in [0.29, 0.717) is 21.2 Å². The number of ether oxygens (including phenoxy) is 1. The Hall–Kier alpha value is -3.16. The highest BCUT2D eigenvalue weighted by atomic mass is 35.5. The third kappa shape index (κ3) is 5.46. The van der Waals surface area contributed by atoms with Gasteiger partial charge < -0.3 is 15.4 Å². The highest BCUT2D eigenvalue weighted by Gasteiger charge is 2.20. The van der Waals surface area contributed by atoms with Crippen molar-refractivity contribution in [2.24, 2.45) is 0 Å². The molecule has 2 N–H and O–H groups in total. The van der Waals surface area contributed by atoms with Crippen LogP contribution in [-0.2, 0) is 9.53 Å². The average molecular weight is 443 g/mol. The first-order chi connectivity index (χ1) is 14.5. The smallest absolute Gasteiger partial charge is 0.307 e. The zero-order chi connectivity index (χ0) is 21.5. The molecule has 154 valence electrons. The van der Waals surface area contributed by atoms with Gasteiger partial charge in [0.05, 0.1) is 35.2 Å². The lowest BCUT2D eigenvalue weighted by Crippen LogP contribution is -2.30. The van der Waals surface area contributed by atoms with Crippen molar-refractivity contribution in [2.45, 2.75) is 12.5 Å². The number of carbonyl (C=O) groups is 3. The van der Waals surface area contributed by atoms with Crippen molar-refractivity contribution in [1.29, 1.82) is 0 Å². The SMILES string of the molecule is COC(=O)CC(NC(=O)c1ccc(Cl)c(NC(=O)c2cccs2)c1)c1ccccc1. The molecular formula is C22H19ClN2O4S. The summed E-state index contributed by atoms with van der Waals surface area (Å²) in [6.45, 7) is 0. The predicted octanol–water partition coefficient (Wildman–Crippen LogP) is 4.69. The Bertz CT molecular complexity index is 1040. The zero-order valence-corrected chi connectivity index (χ0v) is 17.6. The fourth-order valence-corrected chi connectivity index (χ4v) is 3.57. The number of nitrogens with one attached hydrogen (secondary N) is 2. The van der Waals surface area contributed by atoms with Gasteiger partial charge in [-0.3, -0.25) is 14.4 Å². The fraction of sp³-hybridized carbons (Fsp3) is 0.136. The van der Waals surface area contributed by atoms with Gasteiger partial charge in [0.2, 0.25) is 0 Å². The maximum absolute atomic E-state index is 12.9. The summed E-state index contributed by atoms with van der Waals surface area (Å²) in [7, 11) is 1.30. The third-order valence-corrected chi connectivity index (χ3v) is 5.53. The van der Waals surface area contributed by atoms with E-state index in [2.05, 4.69) is 10.6 Å². The lowest BCUT2D eigenvalue weighted by Gasteiger charge is -2.18. The number of rotatable bonds is 7. The van der Waals surface area contributed by atoms with Crippen LogP contribution >= 0.6 is 22.9 Å². The standard InChI is InChI=1S/C22H19ClN2O4S/c1-29-20(26)13-17(14-6-3-2-4-7-14)24-21(27)15-9-10-16(23)18(12-15)25-22(28)19-8-5-11-30-19/h2-12,17H,13H2,1H3,(H,24,27)(H,25,28). The van der Waals surface area contributed by atoms with Gasteiger partial charge in [-0.2, -0.15) is 0 Å². The number of amides is 2. The van der Waals surface area contributed by atoms with E-state index < -0.39 is 17.9 Å². The van der Waals surface area contributed by atoms with E-state index in [0.717, 1.165) is 5.56 Å². The van der Waals surface area contributed by atoms with E-state index in [1.807, 2.05) is 30.3 Å². The molecule has 30 heavy (non-hydrogen) atoms. The average Bonchev–Trinajstić information content (AvgIpc) is 3.30. The Labute approximate surface area is 182 Å². The summed E-state index contributed by atoms with van der Waals surface area (Å²) in [5.41, 5.74) is 1.40. The van der Waals surface area contributed by atoms with Crippen molar-refractivity contribution in [3.05, 3.63) is 87.1 Å². The second-order valence-corrected chi connectivity index (χ2v) is 7.70. The molecule has 2 amide bonds. The van der Waals surface area contributed by atoms with Crippen LogP contribution in [0.25, 0.3) is 0 Å². The molecular weight excluding hydrogens is 424 g/mol. The molecule has 0 bridgehead atoms. The van der Waals surface area contributed by atoms with E-state index in [1.165, 1.54) is 24.5 Å². The lowest BCUT2D eigenvalue weighted by molar-refractivity contribution is -0.141. The van der Waals surface area contributed by atoms with Crippen LogP contribution in [0.1, 0.15) is 38.1 Å². The second kappa shape index (κ2) is 10.0. The van der Waals surface area contributed by atoms with Crippen molar-refractivity contribution in [1.82, 2.24) is 5.32 Å². The summed E-state index contributed by atoms with van der Waals surface area (Å²) in [4.78, 5) is 37.5. The molecule has 1 heterocycles. The molecule has 3 aromatic rings. The number of thiophene rings is 1. The van der Waals surface area contributed by atoms with Crippen molar-refractivity contribution in [3.8, 4) is 0 Å². The topological polar surface area (TPSA) is 84.5 Å². The van der Waals surface area contributed by atoms with E-state index in [9.17, 15) is 14.4 Å². The van der Waals surface area contributed by atoms with Gasteiger partial charge in [0.1, 0.15) is 0 Å². The number of anilines is 1. The zero-order valence-electron chi connectivity index (χ0n) is 16.1. The summed E-state index contributed by atoms with van der Waals surface area (Å²) in [5, 5.41) is 7.68. The predicted molar refractivity (Wildman–Crippen MR) is 117 cm³/mol. The van der Waals surface area contributed by atoms with Crippen molar-refractivity contribution in [2.75, 3.05) is 12.4 Å². The Kier molecular flexibility index (Phi) is 7.21. The van der Waals surface area contributed by atoms with Gasteiger partial charge in [-0.05, 0) is 35.2 Å². The Morgan fingerprint density at radius 3 is 2.47 bits per heavy atom. The Morgan fingerprint density at radius 2 is 1.80 bits per heavy atom. The maximum Gasteiger partial charge on any atom is 0.307 e. The number of benzene rings is 2. The molecule has 0 saturated carbocycles. The van der Waals surface area contributed by atoms with Gasteiger partial charge in [0.15, 0.2) is 0 Å². The molecule has 0 aliphatic heterocycles. The minimum absolute atomic E-state index is 0.0121. The van der Waals surface area contributed by atoms with Gasteiger partial charge in [-0.1, -0.05) is 48.0 Å². The normalized spacial score (nSPS) is 11.4. The molecule has 3 rings (SSSR count). The second-order valence-electron chi connectivity index (χ2n) is 6.34. The van der Waals surface area contributed by atoms with Crippen LogP contribution < -0.4 is 10.6 Å². The van der Waals surface area contributed by atoms with Crippen LogP contribution in [0.5, 0.6) is 0 Å². The molecule has 8 heteroatoms. The summed E-state index contributed by atoms with van der Waals surface area (Å²) < 4.78 is 4.75. The number of methoxy groups -OCH3 is 1. The number of esters is 1. The number of halogens is 1. The van der Waals surface area contributed by atoms with Crippen LogP contribution in [0.15, 0.2) is 66.0 Å². The van der Waals surface area contributed by atoms with Crippen LogP contribution in [0, 0.1) is 0 Å². The first kappa shape index (κ1) is 21.5. The van der Waals surface area contributed by atoms with Crippen molar-refractivity contribution in [3.63, 3.8) is 0 Å². The minimum Gasteiger partial charge on any atom is -0.469 e. The molecule has 0 saturated heterocycles. The third-order valence-electron chi connectivity index (χ3n) is 4.33. The molecule has 2 aromatic carbocycles. The monoisotopic (exact) mass is 442 g/mol. The molecule has 0 fully saturated rings. The van der Waals surface area contributed by atoms with Crippen molar-refractivity contribution < 1.29 is 19.1 Å². The quantitative estimate of drug-likeness (QED) is 0.520. The van der Waals surface area contributed by atoms with Crippen LogP contribution in [0.2, 0.25) is 5.02 Å². The molecule has 1 unspecified atom stereocenters. The summed E-state index contributed by atoms with van der Waals surface area (Å²) >= 11 is 7.49. The fourth-order valence-electron chi connectivity index (χ4n) is 2.78. The van der Waals surface area contributed by atoms with Crippen molar-refractivity contribution >= 4 is 46.4 Å². The summed E-state index contributed by atoms with van der Waals surface area (Å²) in [5.74, 6) is -1.16. The molecule has 1 atom stereocenters. The molecule has 1 aromatic heterocycles. The molecule has 0 spiro atoms. The van der Waals surface area contributed by atoms with Crippen LogP contribution in [0.3, 0.4) is 0 Å². The number of carbonyl (C=O) groups excluding carboxylic acids is 3. The van der Waals surface area contributed by atoms with Gasteiger partial charge in [0, 0.05) is 5.56 Å². The van der Waals surface area contributed by atoms with Crippen LogP contribution in [0.4, 0.5) is 5.69 Å². The Balaban J connectivity index is 1.79. The van der Waals surface area contributed by atoms with Gasteiger partial charge >= 0.3 is 5.97 Å². The maximum atomic E-state index is 12.9. The van der Waals surface area contributed by atoms with E-state index in [-0.39, 0.29) is 12.3 Å². The number of hydrogen-bond donors (Lipinski definition) is 2. The molecule has 0 radical (unpaired) electrons. The lowest BCUT2D eigenvalue weighted by atomic mass is 10.0. The Morgan fingerprint density at radius 1 is 1.03 bits per heavy atom. The van der Waals surface area contributed by atoms with Crippen LogP contribution in [-0.4, -0.2) is 24.9 Å². The highest BCUT2D eigenvalue weighted by molar-refractivity contribution is 7.12. The van der Waals surface area contributed by atoms with E-state index in [4.69, 9.17) is 16.3 Å². The van der Waals surface area contributed by atoms with E-state index in [1.54, 1.807) is 29.6 Å². The first-order valence-corrected chi connectivity index (χ1v) is 10.3. The highest BCUT2D eigenvalue weighted by Crippen LogP contribution is 2.25. The van der Waals surface area contributed by atoms with Gasteiger partial charge in [-0.25, -0.2) is 0 Å². The largest absolute Gasteiger partial charge is 0.469 e. The first-order valence-electron chi connectivity index (χ1n) is 9.05. The van der Waals surface area contributed by atoms with E-state index >= 15 is 0 Å². The molecule has 0 aliphatic carbocycles. The minimum atomic E-state index is -0.564. The van der Waals surface area contributed by atoms with Gasteiger partial charge in [-0.15, -0.1) is 11.3 Å². The number of hydrogen-bond acceptors (Lipinski definition) is 5. The molecule has 0 aliphatic rings. The summed E-state index contributed by atoms with van der Waals surface area (Å²) in [6.07, 6.45) is -0.0121. The molecule has 6 nitrogen and oxygen atoms in total.